The van der Waals surface area contributed by atoms with Crippen LogP contribution in [-0.4, -0.2) is 28.8 Å². The number of nitrogens with zero attached hydrogens (tertiary/aromatic N) is 1. The number of amides is 1. The first-order chi connectivity index (χ1) is 17.0. The molecule has 5 nitrogen and oxygen atoms in total. The van der Waals surface area contributed by atoms with Gasteiger partial charge in [-0.05, 0) is 60.9 Å². The number of methoxy groups -OCH3 is 1. The number of carbonyl (C=O) groups is 1. The monoisotopic (exact) mass is 505 g/mol. The van der Waals surface area contributed by atoms with E-state index in [1.807, 2.05) is 55.5 Å². The van der Waals surface area contributed by atoms with Crippen LogP contribution in [0.1, 0.15) is 29.2 Å². The van der Waals surface area contributed by atoms with Crippen molar-refractivity contribution in [2.45, 2.75) is 27.0 Å². The van der Waals surface area contributed by atoms with Crippen LogP contribution in [-0.2, 0) is 17.9 Å². The van der Waals surface area contributed by atoms with Gasteiger partial charge < -0.3 is 14.2 Å². The molecule has 1 amide bonds. The molecule has 0 unspecified atom stereocenters. The van der Waals surface area contributed by atoms with Gasteiger partial charge in [-0.1, -0.05) is 72.0 Å². The number of thiocarbonyl (C=S) groups is 1. The topological polar surface area (TPSA) is 48.0 Å². The molecule has 3 aromatic rings. The van der Waals surface area contributed by atoms with E-state index in [1.54, 1.807) is 12.0 Å². The number of hydrogen-bond donors (Lipinski definition) is 0. The lowest BCUT2D eigenvalue weighted by molar-refractivity contribution is -0.122. The zero-order valence-corrected chi connectivity index (χ0v) is 21.6. The fraction of sp³-hybridized carbons (Fsp3) is 0.214. The zero-order valence-electron chi connectivity index (χ0n) is 19.9. The summed E-state index contributed by atoms with van der Waals surface area (Å²) in [6, 6.07) is 21.6. The molecule has 1 fully saturated rings. The lowest BCUT2D eigenvalue weighted by Gasteiger charge is -2.14. The fourth-order valence-electron chi connectivity index (χ4n) is 3.55. The van der Waals surface area contributed by atoms with Gasteiger partial charge in [0.2, 0.25) is 0 Å². The summed E-state index contributed by atoms with van der Waals surface area (Å²) in [5.41, 5.74) is 4.13. The van der Waals surface area contributed by atoms with Crippen molar-refractivity contribution in [3.8, 4) is 17.2 Å². The average Bonchev–Trinajstić information content (AvgIpc) is 3.12. The maximum absolute atomic E-state index is 13.1. The molecule has 0 aromatic heterocycles. The molecule has 0 bridgehead atoms. The van der Waals surface area contributed by atoms with Gasteiger partial charge >= 0.3 is 0 Å². The van der Waals surface area contributed by atoms with Crippen molar-refractivity contribution in [1.29, 1.82) is 0 Å². The predicted octanol–water partition coefficient (Wildman–Crippen LogP) is 6.38. The molecule has 35 heavy (non-hydrogen) atoms. The van der Waals surface area contributed by atoms with Crippen LogP contribution in [0, 0.1) is 6.92 Å². The largest absolute Gasteiger partial charge is 0.497 e. The molecule has 0 spiro atoms. The van der Waals surface area contributed by atoms with Gasteiger partial charge in [0.15, 0.2) is 11.5 Å². The van der Waals surface area contributed by atoms with Crippen LogP contribution in [0.15, 0.2) is 71.6 Å². The van der Waals surface area contributed by atoms with Crippen molar-refractivity contribution in [2.24, 2.45) is 0 Å². The summed E-state index contributed by atoms with van der Waals surface area (Å²) >= 11 is 6.80. The standard InChI is InChI=1S/C28H27NO4S2/c1-4-32-25-15-22(11-14-24(25)33-18-21-7-5-19(2)6-8-21)16-26-27(30)29(28(34)35-26)17-20-9-12-23(31-3)13-10-20/h5-16H,4,17-18H2,1-3H3. The highest BCUT2D eigenvalue weighted by Gasteiger charge is 2.32. The molecule has 4 rings (SSSR count). The number of aryl methyl sites for hydroxylation is 1. The number of carbonyl (C=O) groups excluding carboxylic acids is 1. The minimum absolute atomic E-state index is 0.103. The smallest absolute Gasteiger partial charge is 0.266 e. The summed E-state index contributed by atoms with van der Waals surface area (Å²) in [7, 11) is 1.63. The van der Waals surface area contributed by atoms with Crippen LogP contribution in [0.2, 0.25) is 0 Å². The van der Waals surface area contributed by atoms with E-state index >= 15 is 0 Å². The van der Waals surface area contributed by atoms with E-state index in [1.165, 1.54) is 17.3 Å². The van der Waals surface area contributed by atoms with Gasteiger partial charge in [0, 0.05) is 0 Å². The third kappa shape index (κ3) is 6.24. The maximum atomic E-state index is 13.1. The van der Waals surface area contributed by atoms with Crippen molar-refractivity contribution in [3.63, 3.8) is 0 Å². The van der Waals surface area contributed by atoms with Crippen LogP contribution < -0.4 is 14.2 Å². The SMILES string of the molecule is CCOc1cc(C=C2SC(=S)N(Cc3ccc(OC)cc3)C2=O)ccc1OCc1ccc(C)cc1. The van der Waals surface area contributed by atoms with Gasteiger partial charge in [0.25, 0.3) is 5.91 Å². The number of thioether (sulfide) groups is 1. The van der Waals surface area contributed by atoms with Crippen LogP contribution in [0.4, 0.5) is 0 Å². The molecule has 1 aliphatic heterocycles. The number of ether oxygens (including phenoxy) is 3. The Balaban J connectivity index is 1.48. The van der Waals surface area contributed by atoms with E-state index in [2.05, 4.69) is 31.2 Å². The maximum Gasteiger partial charge on any atom is 0.266 e. The van der Waals surface area contributed by atoms with E-state index in [9.17, 15) is 4.79 Å². The second-order valence-corrected chi connectivity index (χ2v) is 9.71. The average molecular weight is 506 g/mol. The van der Waals surface area contributed by atoms with E-state index < -0.39 is 0 Å². The molecule has 3 aromatic carbocycles. The van der Waals surface area contributed by atoms with Gasteiger partial charge in [-0.3, -0.25) is 9.69 Å². The first-order valence-electron chi connectivity index (χ1n) is 11.3. The lowest BCUT2D eigenvalue weighted by atomic mass is 10.1. The molecule has 0 atom stereocenters. The molecule has 1 saturated heterocycles. The highest BCUT2D eigenvalue weighted by molar-refractivity contribution is 8.26. The van der Waals surface area contributed by atoms with Gasteiger partial charge in [-0.2, -0.15) is 0 Å². The Morgan fingerprint density at radius 1 is 0.943 bits per heavy atom. The first kappa shape index (κ1) is 24.8. The molecule has 0 aliphatic carbocycles. The zero-order chi connectivity index (χ0) is 24.8. The minimum Gasteiger partial charge on any atom is -0.497 e. The Labute approximate surface area is 215 Å². The van der Waals surface area contributed by atoms with E-state index in [0.29, 0.717) is 40.5 Å². The number of rotatable bonds is 9. The molecule has 0 N–H and O–H groups in total. The Hall–Kier alpha value is -3.29. The summed E-state index contributed by atoms with van der Waals surface area (Å²) < 4.78 is 17.6. The Morgan fingerprint density at radius 2 is 1.66 bits per heavy atom. The molecule has 1 heterocycles. The predicted molar refractivity (Wildman–Crippen MR) is 145 cm³/mol. The number of hydrogen-bond acceptors (Lipinski definition) is 6. The van der Waals surface area contributed by atoms with Gasteiger partial charge in [0.1, 0.15) is 16.7 Å². The van der Waals surface area contributed by atoms with Crippen LogP contribution >= 0.6 is 24.0 Å². The third-order valence-corrected chi connectivity index (χ3v) is 6.83. The molecule has 0 saturated carbocycles. The fourth-order valence-corrected chi connectivity index (χ4v) is 4.80. The van der Waals surface area contributed by atoms with Crippen molar-refractivity contribution >= 4 is 40.3 Å². The molecule has 0 radical (unpaired) electrons. The summed E-state index contributed by atoms with van der Waals surface area (Å²) in [4.78, 5) is 15.3. The van der Waals surface area contributed by atoms with Crippen LogP contribution in [0.5, 0.6) is 17.2 Å². The first-order valence-corrected chi connectivity index (χ1v) is 12.5. The van der Waals surface area contributed by atoms with Crippen molar-refractivity contribution in [1.82, 2.24) is 4.90 Å². The van der Waals surface area contributed by atoms with Crippen molar-refractivity contribution < 1.29 is 19.0 Å². The van der Waals surface area contributed by atoms with Crippen LogP contribution in [0.3, 0.4) is 0 Å². The third-order valence-electron chi connectivity index (χ3n) is 5.45. The van der Waals surface area contributed by atoms with Gasteiger partial charge in [-0.25, -0.2) is 0 Å². The van der Waals surface area contributed by atoms with E-state index in [4.69, 9.17) is 26.4 Å². The summed E-state index contributed by atoms with van der Waals surface area (Å²) in [5, 5.41) is 0. The van der Waals surface area contributed by atoms with Gasteiger partial charge in [-0.15, -0.1) is 0 Å². The minimum atomic E-state index is -0.103. The van der Waals surface area contributed by atoms with Crippen LogP contribution in [0.25, 0.3) is 6.08 Å². The molecule has 1 aliphatic rings. The quantitative estimate of drug-likeness (QED) is 0.248. The van der Waals surface area contributed by atoms with E-state index in [0.717, 1.165) is 22.4 Å². The second kappa shape index (κ2) is 11.4. The summed E-state index contributed by atoms with van der Waals surface area (Å²) in [6.07, 6.45) is 1.85. The number of benzene rings is 3. The second-order valence-electron chi connectivity index (χ2n) is 8.03. The van der Waals surface area contributed by atoms with Crippen molar-refractivity contribution in [3.05, 3.63) is 93.9 Å². The van der Waals surface area contributed by atoms with Crippen molar-refractivity contribution in [2.75, 3.05) is 13.7 Å². The summed E-state index contributed by atoms with van der Waals surface area (Å²) in [6.45, 7) is 5.37. The van der Waals surface area contributed by atoms with Gasteiger partial charge in [0.05, 0.1) is 25.2 Å². The highest BCUT2D eigenvalue weighted by Crippen LogP contribution is 2.36. The molecular weight excluding hydrogens is 478 g/mol. The van der Waals surface area contributed by atoms with E-state index in [-0.39, 0.29) is 5.91 Å². The Bertz CT molecular complexity index is 1240. The normalized spacial score (nSPS) is 14.5. The molecule has 180 valence electrons. The lowest BCUT2D eigenvalue weighted by Crippen LogP contribution is -2.27. The molecular formula is C28H27NO4S2. The Kier molecular flexibility index (Phi) is 8.10. The summed E-state index contributed by atoms with van der Waals surface area (Å²) in [5.74, 6) is 1.97. The Morgan fingerprint density at radius 3 is 2.34 bits per heavy atom. The molecule has 7 heteroatoms. The highest BCUT2D eigenvalue weighted by atomic mass is 32.2.